The average Bonchev–Trinajstić information content (AvgIpc) is 2.70. The van der Waals surface area contributed by atoms with Crippen molar-refractivity contribution in [3.63, 3.8) is 0 Å². The molecule has 0 aromatic carbocycles. The Bertz CT molecular complexity index is 325. The summed E-state index contributed by atoms with van der Waals surface area (Å²) in [4.78, 5) is 0. The van der Waals surface area contributed by atoms with E-state index in [1.165, 1.54) is 50.7 Å². The molecule has 0 unspecified atom stereocenters. The standard InChI is InChI=1S/C16H35NO3S6/c1-18-26(19-2,20-3)15-9-14-23-25-17(16-10-5-4-6-11-16)24-22-13-8-7-12-21/h16,21H,4-15H2,1-3H3. The molecule has 0 saturated heterocycles. The molecule has 0 aromatic heterocycles. The van der Waals surface area contributed by atoms with E-state index in [0.717, 1.165) is 23.7 Å². The second-order valence-corrected chi connectivity index (χ2v) is 13.8. The highest BCUT2D eigenvalue weighted by molar-refractivity contribution is 8.83. The third kappa shape index (κ3) is 10.6. The van der Waals surface area contributed by atoms with E-state index in [0.29, 0.717) is 6.04 Å². The molecule has 26 heavy (non-hydrogen) atoms. The molecule has 1 rings (SSSR count). The van der Waals surface area contributed by atoms with Gasteiger partial charge in [0.25, 0.3) is 0 Å². The summed E-state index contributed by atoms with van der Waals surface area (Å²) in [6.45, 7) is 0. The van der Waals surface area contributed by atoms with E-state index in [1.54, 1.807) is 21.3 Å². The van der Waals surface area contributed by atoms with Gasteiger partial charge in [-0.05, 0) is 37.9 Å². The van der Waals surface area contributed by atoms with Crippen molar-refractivity contribution in [2.75, 3.05) is 44.3 Å². The number of nitrogens with zero attached hydrogens (tertiary/aromatic N) is 1. The van der Waals surface area contributed by atoms with E-state index in [4.69, 9.17) is 12.5 Å². The molecule has 158 valence electrons. The van der Waals surface area contributed by atoms with Crippen LogP contribution in [0.4, 0.5) is 0 Å². The molecule has 0 N–H and O–H groups in total. The fraction of sp³-hybridized carbons (Fsp3) is 1.00. The molecule has 0 bridgehead atoms. The van der Waals surface area contributed by atoms with Gasteiger partial charge in [-0.1, -0.05) is 40.9 Å². The van der Waals surface area contributed by atoms with Crippen LogP contribution < -0.4 is 0 Å². The first-order valence-corrected chi connectivity index (χ1v) is 15.9. The smallest absolute Gasteiger partial charge is 0.0879 e. The highest BCUT2D eigenvalue weighted by Crippen LogP contribution is 2.50. The lowest BCUT2D eigenvalue weighted by Crippen LogP contribution is -2.25. The van der Waals surface area contributed by atoms with E-state index < -0.39 is 10.9 Å². The zero-order valence-corrected chi connectivity index (χ0v) is 21.2. The van der Waals surface area contributed by atoms with Crippen LogP contribution in [0.2, 0.25) is 0 Å². The fourth-order valence-corrected chi connectivity index (χ4v) is 10.3. The molecule has 0 spiro atoms. The van der Waals surface area contributed by atoms with Gasteiger partial charge in [-0.3, -0.25) is 12.5 Å². The van der Waals surface area contributed by atoms with Crippen LogP contribution in [0.3, 0.4) is 0 Å². The molecule has 1 aliphatic rings. The zero-order chi connectivity index (χ0) is 19.1. The Kier molecular flexibility index (Phi) is 16.7. The van der Waals surface area contributed by atoms with Crippen molar-refractivity contribution >= 4 is 67.0 Å². The first-order valence-electron chi connectivity index (χ1n) is 9.18. The van der Waals surface area contributed by atoms with Gasteiger partial charge in [0.05, 0.1) is 32.2 Å². The molecule has 0 amide bonds. The SMILES string of the molecule is COS(CCCSSN(SSCCCCS)C1CCCCC1)(OC)OC. The normalized spacial score (nSPS) is 17.1. The number of hydrogen-bond acceptors (Lipinski definition) is 9. The minimum atomic E-state index is -1.81. The van der Waals surface area contributed by atoms with E-state index >= 15 is 0 Å². The van der Waals surface area contributed by atoms with Crippen LogP contribution in [0.5, 0.6) is 0 Å². The van der Waals surface area contributed by atoms with Gasteiger partial charge in [0.1, 0.15) is 0 Å². The number of thiol groups is 1. The van der Waals surface area contributed by atoms with E-state index in [-0.39, 0.29) is 0 Å². The van der Waals surface area contributed by atoms with Gasteiger partial charge in [0.15, 0.2) is 0 Å². The molecule has 1 fully saturated rings. The maximum Gasteiger partial charge on any atom is 0.0879 e. The van der Waals surface area contributed by atoms with Gasteiger partial charge < -0.3 is 0 Å². The second-order valence-electron chi connectivity index (χ2n) is 5.92. The molecule has 0 heterocycles. The number of hydrogen-bond donors (Lipinski definition) is 1. The van der Waals surface area contributed by atoms with Crippen LogP contribution in [0.1, 0.15) is 51.4 Å². The van der Waals surface area contributed by atoms with Crippen molar-refractivity contribution in [2.24, 2.45) is 0 Å². The molecular weight excluding hydrogens is 447 g/mol. The molecule has 4 nitrogen and oxygen atoms in total. The minimum absolute atomic E-state index is 0.713. The predicted molar refractivity (Wildman–Crippen MR) is 130 cm³/mol. The lowest BCUT2D eigenvalue weighted by molar-refractivity contribution is 0.248. The van der Waals surface area contributed by atoms with Crippen molar-refractivity contribution in [1.29, 1.82) is 0 Å². The van der Waals surface area contributed by atoms with Crippen LogP contribution in [-0.2, 0) is 12.5 Å². The van der Waals surface area contributed by atoms with Crippen molar-refractivity contribution in [3.05, 3.63) is 0 Å². The summed E-state index contributed by atoms with van der Waals surface area (Å²) >= 11 is 4.29. The first kappa shape index (κ1) is 26.0. The Morgan fingerprint density at radius 3 is 2.00 bits per heavy atom. The van der Waals surface area contributed by atoms with Crippen LogP contribution in [0.15, 0.2) is 0 Å². The molecule has 10 heteroatoms. The molecular formula is C16H35NO3S6. The van der Waals surface area contributed by atoms with E-state index in [9.17, 15) is 0 Å². The average molecular weight is 482 g/mol. The fourth-order valence-electron chi connectivity index (χ4n) is 2.63. The maximum atomic E-state index is 5.44. The Labute approximate surface area is 184 Å². The third-order valence-corrected chi connectivity index (χ3v) is 12.4. The molecule has 0 radical (unpaired) electrons. The summed E-state index contributed by atoms with van der Waals surface area (Å²) in [6.07, 6.45) is 10.3. The predicted octanol–water partition coefficient (Wildman–Crippen LogP) is 6.80. The molecule has 0 atom stereocenters. The topological polar surface area (TPSA) is 30.9 Å². The number of unbranched alkanes of at least 4 members (excludes halogenated alkanes) is 1. The Hall–Kier alpha value is 1.94. The summed E-state index contributed by atoms with van der Waals surface area (Å²) in [5.74, 6) is 4.10. The first-order chi connectivity index (χ1) is 12.7. The summed E-state index contributed by atoms with van der Waals surface area (Å²) < 4.78 is 18.9. The highest BCUT2D eigenvalue weighted by atomic mass is 33.1. The largest absolute Gasteiger partial charge is 0.296 e. The summed E-state index contributed by atoms with van der Waals surface area (Å²) in [7, 11) is 11.0. The molecule has 1 saturated carbocycles. The molecule has 0 aromatic rings. The monoisotopic (exact) mass is 481 g/mol. The van der Waals surface area contributed by atoms with E-state index in [1.807, 2.05) is 43.5 Å². The summed E-state index contributed by atoms with van der Waals surface area (Å²) in [6, 6.07) is 0.713. The lowest BCUT2D eigenvalue weighted by Gasteiger charge is -2.33. The van der Waals surface area contributed by atoms with Gasteiger partial charge >= 0.3 is 0 Å². The Morgan fingerprint density at radius 2 is 1.46 bits per heavy atom. The highest BCUT2D eigenvalue weighted by Gasteiger charge is 2.24. The van der Waals surface area contributed by atoms with Crippen LogP contribution >= 0.6 is 67.0 Å². The van der Waals surface area contributed by atoms with Gasteiger partial charge in [-0.25, -0.2) is 0 Å². The summed E-state index contributed by atoms with van der Waals surface area (Å²) in [5.41, 5.74) is 0. The lowest BCUT2D eigenvalue weighted by atomic mass is 9.96. The van der Waals surface area contributed by atoms with Crippen LogP contribution in [0.25, 0.3) is 0 Å². The van der Waals surface area contributed by atoms with E-state index in [2.05, 4.69) is 16.3 Å². The zero-order valence-electron chi connectivity index (χ0n) is 16.2. The van der Waals surface area contributed by atoms with Crippen molar-refractivity contribution in [1.82, 2.24) is 3.71 Å². The van der Waals surface area contributed by atoms with Crippen LogP contribution in [0, 0.1) is 0 Å². The summed E-state index contributed by atoms with van der Waals surface area (Å²) in [5, 5.41) is 0. The third-order valence-electron chi connectivity index (χ3n) is 4.14. The molecule has 1 aliphatic carbocycles. The van der Waals surface area contributed by atoms with Crippen molar-refractivity contribution in [3.8, 4) is 0 Å². The quantitative estimate of drug-likeness (QED) is 0.111. The van der Waals surface area contributed by atoms with Crippen molar-refractivity contribution in [2.45, 2.75) is 57.4 Å². The van der Waals surface area contributed by atoms with Gasteiger partial charge in [-0.15, -0.1) is 0 Å². The number of rotatable bonds is 16. The van der Waals surface area contributed by atoms with Gasteiger partial charge in [0, 0.05) is 45.3 Å². The minimum Gasteiger partial charge on any atom is -0.296 e. The van der Waals surface area contributed by atoms with Gasteiger partial charge in [-0.2, -0.15) is 16.3 Å². The van der Waals surface area contributed by atoms with Crippen LogP contribution in [-0.4, -0.2) is 54.1 Å². The van der Waals surface area contributed by atoms with Gasteiger partial charge in [0.2, 0.25) is 0 Å². The Morgan fingerprint density at radius 1 is 0.885 bits per heavy atom. The second kappa shape index (κ2) is 16.7. The van der Waals surface area contributed by atoms with Crippen molar-refractivity contribution < 1.29 is 12.5 Å². The molecule has 0 aliphatic heterocycles. The Balaban J connectivity index is 2.30. The maximum absolute atomic E-state index is 5.44.